The Bertz CT molecular complexity index is 353. The standard InChI is InChI=1S/C12H18ClNO2/c1-9-3-4-10(11(13)5-9)6-14-7-12(2,16)8-15/h3-5,14-16H,6-8H2,1-2H3. The van der Waals surface area contributed by atoms with Gasteiger partial charge in [-0.2, -0.15) is 0 Å². The zero-order valence-corrected chi connectivity index (χ0v) is 10.4. The van der Waals surface area contributed by atoms with Crippen molar-refractivity contribution >= 4 is 11.6 Å². The van der Waals surface area contributed by atoms with Crippen molar-refractivity contribution < 1.29 is 10.2 Å². The first-order valence-corrected chi connectivity index (χ1v) is 5.61. The van der Waals surface area contributed by atoms with Crippen molar-refractivity contribution in [3.63, 3.8) is 0 Å². The SMILES string of the molecule is Cc1ccc(CNCC(C)(O)CO)c(Cl)c1. The van der Waals surface area contributed by atoms with E-state index in [1.54, 1.807) is 6.92 Å². The molecule has 0 bridgehead atoms. The van der Waals surface area contributed by atoms with Gasteiger partial charge in [0, 0.05) is 18.1 Å². The minimum atomic E-state index is -1.09. The van der Waals surface area contributed by atoms with Crippen LogP contribution in [0.2, 0.25) is 5.02 Å². The molecule has 0 saturated heterocycles. The predicted molar refractivity (Wildman–Crippen MR) is 65.6 cm³/mol. The first-order chi connectivity index (χ1) is 7.44. The molecule has 90 valence electrons. The van der Waals surface area contributed by atoms with Crippen LogP contribution in [0.4, 0.5) is 0 Å². The van der Waals surface area contributed by atoms with Gasteiger partial charge in [0.15, 0.2) is 0 Å². The van der Waals surface area contributed by atoms with E-state index in [0.717, 1.165) is 16.1 Å². The summed E-state index contributed by atoms with van der Waals surface area (Å²) in [5, 5.41) is 22.2. The minimum Gasteiger partial charge on any atom is -0.393 e. The summed E-state index contributed by atoms with van der Waals surface area (Å²) in [6.45, 7) is 4.21. The predicted octanol–water partition coefficient (Wildman–Crippen LogP) is 1.48. The number of aliphatic hydroxyl groups excluding tert-OH is 1. The van der Waals surface area contributed by atoms with Crippen molar-refractivity contribution in [1.82, 2.24) is 5.32 Å². The average molecular weight is 244 g/mol. The van der Waals surface area contributed by atoms with Gasteiger partial charge >= 0.3 is 0 Å². The number of aryl methyl sites for hydroxylation is 1. The number of aliphatic hydroxyl groups is 2. The highest BCUT2D eigenvalue weighted by atomic mass is 35.5. The third-order valence-corrected chi connectivity index (χ3v) is 2.72. The van der Waals surface area contributed by atoms with Crippen LogP contribution in [0, 0.1) is 6.92 Å². The van der Waals surface area contributed by atoms with Gasteiger partial charge in [0.25, 0.3) is 0 Å². The van der Waals surface area contributed by atoms with E-state index in [9.17, 15) is 5.11 Å². The van der Waals surface area contributed by atoms with Crippen molar-refractivity contribution in [2.45, 2.75) is 26.0 Å². The lowest BCUT2D eigenvalue weighted by molar-refractivity contribution is 0.00254. The summed E-state index contributed by atoms with van der Waals surface area (Å²) >= 11 is 6.06. The molecule has 16 heavy (non-hydrogen) atoms. The van der Waals surface area contributed by atoms with E-state index in [1.807, 2.05) is 25.1 Å². The molecule has 4 heteroatoms. The molecule has 0 saturated carbocycles. The van der Waals surface area contributed by atoms with Crippen molar-refractivity contribution in [2.24, 2.45) is 0 Å². The summed E-state index contributed by atoms with van der Waals surface area (Å²) in [6, 6.07) is 5.86. The lowest BCUT2D eigenvalue weighted by Gasteiger charge is -2.20. The second kappa shape index (κ2) is 5.64. The maximum atomic E-state index is 9.57. The van der Waals surface area contributed by atoms with Gasteiger partial charge in [0.1, 0.15) is 0 Å². The second-order valence-corrected chi connectivity index (χ2v) is 4.76. The van der Waals surface area contributed by atoms with Crippen LogP contribution < -0.4 is 5.32 Å². The van der Waals surface area contributed by atoms with Gasteiger partial charge in [-0.15, -0.1) is 0 Å². The summed E-state index contributed by atoms with van der Waals surface area (Å²) in [4.78, 5) is 0. The molecule has 0 radical (unpaired) electrons. The fourth-order valence-electron chi connectivity index (χ4n) is 1.32. The number of hydrogen-bond acceptors (Lipinski definition) is 3. The third kappa shape index (κ3) is 4.10. The van der Waals surface area contributed by atoms with Gasteiger partial charge in [-0.05, 0) is 31.0 Å². The van der Waals surface area contributed by atoms with Crippen LogP contribution in [0.25, 0.3) is 0 Å². The van der Waals surface area contributed by atoms with Gasteiger partial charge in [0.2, 0.25) is 0 Å². The van der Waals surface area contributed by atoms with E-state index in [2.05, 4.69) is 5.32 Å². The Balaban J connectivity index is 2.49. The van der Waals surface area contributed by atoms with Gasteiger partial charge in [-0.3, -0.25) is 0 Å². The molecular formula is C12H18ClNO2. The van der Waals surface area contributed by atoms with Gasteiger partial charge in [-0.1, -0.05) is 23.7 Å². The lowest BCUT2D eigenvalue weighted by Crippen LogP contribution is -2.40. The normalized spacial score (nSPS) is 14.8. The first-order valence-electron chi connectivity index (χ1n) is 5.23. The Morgan fingerprint density at radius 1 is 1.44 bits per heavy atom. The monoisotopic (exact) mass is 243 g/mol. The largest absolute Gasteiger partial charge is 0.393 e. The molecule has 1 unspecified atom stereocenters. The molecule has 0 aliphatic rings. The topological polar surface area (TPSA) is 52.5 Å². The average Bonchev–Trinajstić information content (AvgIpc) is 2.21. The Labute approximate surface area is 101 Å². The van der Waals surface area contributed by atoms with Crippen LogP contribution in [0.5, 0.6) is 0 Å². The van der Waals surface area contributed by atoms with Gasteiger partial charge < -0.3 is 15.5 Å². The summed E-state index contributed by atoms with van der Waals surface area (Å²) in [7, 11) is 0. The van der Waals surface area contributed by atoms with Crippen molar-refractivity contribution in [3.05, 3.63) is 34.3 Å². The lowest BCUT2D eigenvalue weighted by atomic mass is 10.1. The van der Waals surface area contributed by atoms with E-state index < -0.39 is 5.60 Å². The Morgan fingerprint density at radius 3 is 2.69 bits per heavy atom. The molecule has 0 fully saturated rings. The van der Waals surface area contributed by atoms with E-state index in [0.29, 0.717) is 13.1 Å². The zero-order chi connectivity index (χ0) is 12.2. The third-order valence-electron chi connectivity index (χ3n) is 2.37. The smallest absolute Gasteiger partial charge is 0.0972 e. The Kier molecular flexibility index (Phi) is 4.74. The maximum Gasteiger partial charge on any atom is 0.0972 e. The second-order valence-electron chi connectivity index (χ2n) is 4.35. The van der Waals surface area contributed by atoms with Crippen LogP contribution in [0.1, 0.15) is 18.1 Å². The molecule has 1 rings (SSSR count). The fourth-order valence-corrected chi connectivity index (χ4v) is 1.62. The molecule has 0 heterocycles. The van der Waals surface area contributed by atoms with Crippen molar-refractivity contribution in [3.8, 4) is 0 Å². The van der Waals surface area contributed by atoms with Crippen LogP contribution in [0.3, 0.4) is 0 Å². The molecular weight excluding hydrogens is 226 g/mol. The highest BCUT2D eigenvalue weighted by Gasteiger charge is 2.17. The van der Waals surface area contributed by atoms with E-state index >= 15 is 0 Å². The molecule has 1 atom stereocenters. The molecule has 0 spiro atoms. The number of nitrogens with one attached hydrogen (secondary N) is 1. The highest BCUT2D eigenvalue weighted by Crippen LogP contribution is 2.17. The number of hydrogen-bond donors (Lipinski definition) is 3. The number of rotatable bonds is 5. The maximum absolute atomic E-state index is 9.57. The zero-order valence-electron chi connectivity index (χ0n) is 9.63. The number of benzene rings is 1. The van der Waals surface area contributed by atoms with Crippen LogP contribution in [-0.4, -0.2) is 29.0 Å². The Hall–Kier alpha value is -0.610. The fraction of sp³-hybridized carbons (Fsp3) is 0.500. The van der Waals surface area contributed by atoms with E-state index in [4.69, 9.17) is 16.7 Å². The van der Waals surface area contributed by atoms with Crippen LogP contribution in [0.15, 0.2) is 18.2 Å². The van der Waals surface area contributed by atoms with Crippen molar-refractivity contribution in [1.29, 1.82) is 0 Å². The Morgan fingerprint density at radius 2 is 2.12 bits per heavy atom. The quantitative estimate of drug-likeness (QED) is 0.734. The highest BCUT2D eigenvalue weighted by molar-refractivity contribution is 6.31. The molecule has 0 aliphatic heterocycles. The summed E-state index contributed by atoms with van der Waals surface area (Å²) in [6.07, 6.45) is 0. The molecule has 0 aromatic heterocycles. The minimum absolute atomic E-state index is 0.262. The van der Waals surface area contributed by atoms with Crippen molar-refractivity contribution in [2.75, 3.05) is 13.2 Å². The van der Waals surface area contributed by atoms with E-state index in [-0.39, 0.29) is 6.61 Å². The summed E-state index contributed by atoms with van der Waals surface area (Å²) in [5.41, 5.74) is 1.02. The summed E-state index contributed by atoms with van der Waals surface area (Å²) < 4.78 is 0. The molecule has 1 aromatic carbocycles. The van der Waals surface area contributed by atoms with Gasteiger partial charge in [-0.25, -0.2) is 0 Å². The molecule has 0 amide bonds. The van der Waals surface area contributed by atoms with Gasteiger partial charge in [0.05, 0.1) is 12.2 Å². The van der Waals surface area contributed by atoms with E-state index in [1.165, 1.54) is 0 Å². The molecule has 1 aromatic rings. The first kappa shape index (κ1) is 13.5. The number of halogens is 1. The molecule has 3 nitrogen and oxygen atoms in total. The summed E-state index contributed by atoms with van der Waals surface area (Å²) in [5.74, 6) is 0. The molecule has 3 N–H and O–H groups in total. The van der Waals surface area contributed by atoms with Crippen LogP contribution >= 0.6 is 11.6 Å². The van der Waals surface area contributed by atoms with Crippen LogP contribution in [-0.2, 0) is 6.54 Å². The molecule has 0 aliphatic carbocycles.